The summed E-state index contributed by atoms with van der Waals surface area (Å²) >= 11 is 8.59. The molecule has 0 spiro atoms. The second-order valence-electron chi connectivity index (χ2n) is 5.40. The first-order valence-electron chi connectivity index (χ1n) is 6.64. The van der Waals surface area contributed by atoms with Gasteiger partial charge in [0.15, 0.2) is 0 Å². The predicted octanol–water partition coefficient (Wildman–Crippen LogP) is 4.30. The number of thiophene rings is 1. The highest BCUT2D eigenvalue weighted by Gasteiger charge is 2.26. The molecule has 1 aliphatic rings. The summed E-state index contributed by atoms with van der Waals surface area (Å²) in [5.74, 6) is 0.0551. The molecule has 0 aromatic carbocycles. The van der Waals surface area contributed by atoms with E-state index in [1.807, 2.05) is 6.92 Å². The number of aryl methyl sites for hydroxylation is 2. The van der Waals surface area contributed by atoms with Gasteiger partial charge in [-0.3, -0.25) is 4.79 Å². The van der Waals surface area contributed by atoms with E-state index in [9.17, 15) is 4.79 Å². The minimum Gasteiger partial charge on any atom is -0.344 e. The largest absolute Gasteiger partial charge is 0.344 e. The van der Waals surface area contributed by atoms with E-state index in [1.54, 1.807) is 11.3 Å². The molecule has 0 radical (unpaired) electrons. The lowest BCUT2D eigenvalue weighted by Crippen LogP contribution is -2.48. The van der Waals surface area contributed by atoms with Crippen LogP contribution < -0.4 is 5.32 Å². The van der Waals surface area contributed by atoms with Crippen molar-refractivity contribution in [1.29, 1.82) is 0 Å². The SMILES string of the molecule is CC(CBr)(CBr)NC(=O)c1cc2c(s1)CCCCC2. The van der Waals surface area contributed by atoms with Gasteiger partial charge in [-0.05, 0) is 44.2 Å². The van der Waals surface area contributed by atoms with E-state index in [1.165, 1.54) is 29.7 Å². The molecule has 0 aliphatic heterocycles. The first kappa shape index (κ1) is 15.5. The van der Waals surface area contributed by atoms with Gasteiger partial charge < -0.3 is 5.32 Å². The van der Waals surface area contributed by atoms with Crippen LogP contribution in [-0.4, -0.2) is 22.1 Å². The Hall–Kier alpha value is 0.130. The fourth-order valence-corrected chi connectivity index (χ4v) is 4.58. The monoisotopic (exact) mass is 407 g/mol. The quantitative estimate of drug-likeness (QED) is 0.584. The third-order valence-electron chi connectivity index (χ3n) is 3.48. The van der Waals surface area contributed by atoms with Gasteiger partial charge in [-0.25, -0.2) is 0 Å². The number of amides is 1. The molecule has 0 atom stereocenters. The Morgan fingerprint density at radius 2 is 2.00 bits per heavy atom. The second-order valence-corrected chi connectivity index (χ2v) is 7.66. The molecule has 0 bridgehead atoms. The molecule has 19 heavy (non-hydrogen) atoms. The third-order valence-corrected chi connectivity index (χ3v) is 7.19. The number of alkyl halides is 2. The molecule has 1 heterocycles. The normalized spacial score (nSPS) is 15.7. The molecule has 2 nitrogen and oxygen atoms in total. The van der Waals surface area contributed by atoms with Gasteiger partial charge in [-0.15, -0.1) is 11.3 Å². The molecular formula is C14H19Br2NOS. The molecule has 2 rings (SSSR count). The summed E-state index contributed by atoms with van der Waals surface area (Å²) in [7, 11) is 0. The molecule has 5 heteroatoms. The molecule has 0 saturated heterocycles. The van der Waals surface area contributed by atoms with Crippen molar-refractivity contribution in [1.82, 2.24) is 5.32 Å². The topological polar surface area (TPSA) is 29.1 Å². The lowest BCUT2D eigenvalue weighted by molar-refractivity contribution is 0.0927. The van der Waals surface area contributed by atoms with Crippen LogP contribution in [-0.2, 0) is 12.8 Å². The number of hydrogen-bond donors (Lipinski definition) is 1. The van der Waals surface area contributed by atoms with Crippen LogP contribution in [0.5, 0.6) is 0 Å². The molecule has 1 aromatic rings. The molecule has 1 aliphatic carbocycles. The lowest BCUT2D eigenvalue weighted by atomic mass is 10.1. The van der Waals surface area contributed by atoms with Gasteiger partial charge in [0.25, 0.3) is 5.91 Å². The summed E-state index contributed by atoms with van der Waals surface area (Å²) < 4.78 is 0. The predicted molar refractivity (Wildman–Crippen MR) is 89.0 cm³/mol. The van der Waals surface area contributed by atoms with Crippen LogP contribution in [0.1, 0.15) is 46.3 Å². The van der Waals surface area contributed by atoms with Crippen molar-refractivity contribution >= 4 is 49.1 Å². The van der Waals surface area contributed by atoms with Crippen molar-refractivity contribution in [3.05, 3.63) is 21.4 Å². The number of carbonyl (C=O) groups is 1. The maximum atomic E-state index is 12.3. The highest BCUT2D eigenvalue weighted by atomic mass is 79.9. The summed E-state index contributed by atoms with van der Waals surface area (Å²) in [6.07, 6.45) is 6.10. The zero-order chi connectivity index (χ0) is 13.9. The molecule has 1 aromatic heterocycles. The van der Waals surface area contributed by atoms with E-state index in [2.05, 4.69) is 43.2 Å². The first-order valence-corrected chi connectivity index (χ1v) is 9.70. The van der Waals surface area contributed by atoms with Crippen LogP contribution in [0.25, 0.3) is 0 Å². The van der Waals surface area contributed by atoms with Crippen molar-refractivity contribution in [3.8, 4) is 0 Å². The van der Waals surface area contributed by atoms with Gasteiger partial charge in [0.2, 0.25) is 0 Å². The Kier molecular flexibility index (Phi) is 5.49. The van der Waals surface area contributed by atoms with Crippen LogP contribution in [0.2, 0.25) is 0 Å². The Labute approximate surface area is 135 Å². The van der Waals surface area contributed by atoms with E-state index < -0.39 is 0 Å². The number of carbonyl (C=O) groups excluding carboxylic acids is 1. The molecule has 1 amide bonds. The Morgan fingerprint density at radius 3 is 2.68 bits per heavy atom. The van der Waals surface area contributed by atoms with Gasteiger partial charge in [0.1, 0.15) is 0 Å². The van der Waals surface area contributed by atoms with Crippen LogP contribution in [0, 0.1) is 0 Å². The van der Waals surface area contributed by atoms with Crippen molar-refractivity contribution in [2.24, 2.45) is 0 Å². The first-order chi connectivity index (χ1) is 9.08. The number of rotatable bonds is 4. The van der Waals surface area contributed by atoms with E-state index in [0.29, 0.717) is 0 Å². The summed E-state index contributed by atoms with van der Waals surface area (Å²) in [4.78, 5) is 14.6. The van der Waals surface area contributed by atoms with Crippen molar-refractivity contribution in [3.63, 3.8) is 0 Å². The molecule has 0 fully saturated rings. The summed E-state index contributed by atoms with van der Waals surface area (Å²) in [5, 5.41) is 4.59. The fourth-order valence-electron chi connectivity index (χ4n) is 2.22. The van der Waals surface area contributed by atoms with Gasteiger partial charge in [-0.2, -0.15) is 0 Å². The zero-order valence-corrected chi connectivity index (χ0v) is 15.1. The summed E-state index contributed by atoms with van der Waals surface area (Å²) in [6.45, 7) is 2.03. The van der Waals surface area contributed by atoms with Crippen LogP contribution in [0.4, 0.5) is 0 Å². The number of hydrogen-bond acceptors (Lipinski definition) is 2. The highest BCUT2D eigenvalue weighted by molar-refractivity contribution is 9.09. The molecule has 0 unspecified atom stereocenters. The van der Waals surface area contributed by atoms with E-state index in [-0.39, 0.29) is 11.4 Å². The maximum Gasteiger partial charge on any atom is 0.261 e. The van der Waals surface area contributed by atoms with Gasteiger partial charge in [-0.1, -0.05) is 38.3 Å². The average Bonchev–Trinajstić information content (AvgIpc) is 2.70. The zero-order valence-electron chi connectivity index (χ0n) is 11.1. The number of nitrogens with one attached hydrogen (secondary N) is 1. The minimum atomic E-state index is -0.238. The average molecular weight is 409 g/mol. The van der Waals surface area contributed by atoms with Crippen molar-refractivity contribution in [2.75, 3.05) is 10.7 Å². The van der Waals surface area contributed by atoms with E-state index in [0.717, 1.165) is 28.4 Å². The third kappa shape index (κ3) is 3.82. The number of fused-ring (bicyclic) bond motifs is 1. The highest BCUT2D eigenvalue weighted by Crippen LogP contribution is 2.29. The molecule has 1 N–H and O–H groups in total. The second kappa shape index (κ2) is 6.72. The van der Waals surface area contributed by atoms with Crippen LogP contribution >= 0.6 is 43.2 Å². The van der Waals surface area contributed by atoms with Gasteiger partial charge in [0, 0.05) is 15.5 Å². The van der Waals surface area contributed by atoms with Crippen LogP contribution in [0.15, 0.2) is 6.07 Å². The molecule has 106 valence electrons. The van der Waals surface area contributed by atoms with Gasteiger partial charge in [0.05, 0.1) is 10.4 Å². The lowest BCUT2D eigenvalue weighted by Gasteiger charge is -2.26. The smallest absolute Gasteiger partial charge is 0.261 e. The maximum absolute atomic E-state index is 12.3. The van der Waals surface area contributed by atoms with Crippen molar-refractivity contribution in [2.45, 2.75) is 44.6 Å². The van der Waals surface area contributed by atoms with E-state index in [4.69, 9.17) is 0 Å². The van der Waals surface area contributed by atoms with Crippen molar-refractivity contribution < 1.29 is 4.79 Å². The molecule has 0 saturated carbocycles. The summed E-state index contributed by atoms with van der Waals surface area (Å²) in [6, 6.07) is 2.10. The Morgan fingerprint density at radius 1 is 1.32 bits per heavy atom. The Bertz CT molecular complexity index is 431. The minimum absolute atomic E-state index is 0.0551. The fraction of sp³-hybridized carbons (Fsp3) is 0.643. The molecular weight excluding hydrogens is 390 g/mol. The van der Waals surface area contributed by atoms with Crippen LogP contribution in [0.3, 0.4) is 0 Å². The summed E-state index contributed by atoms with van der Waals surface area (Å²) in [5.41, 5.74) is 1.16. The standard InChI is InChI=1S/C14H19Br2NOS/c1-14(8-15,9-16)17-13(18)12-7-10-5-3-2-4-6-11(10)19-12/h7H,2-6,8-9H2,1H3,(H,17,18). The Balaban J connectivity index is 2.12. The number of halogens is 2. The van der Waals surface area contributed by atoms with Gasteiger partial charge >= 0.3 is 0 Å². The van der Waals surface area contributed by atoms with E-state index >= 15 is 0 Å².